The third kappa shape index (κ3) is 5.52. The van der Waals surface area contributed by atoms with Crippen molar-refractivity contribution in [2.45, 2.75) is 59.5 Å². The number of hydrogen-bond acceptors (Lipinski definition) is 3. The molecule has 19 heavy (non-hydrogen) atoms. The average Bonchev–Trinajstić information content (AvgIpc) is 2.10. The van der Waals surface area contributed by atoms with Crippen LogP contribution in [0.1, 0.15) is 59.6 Å². The van der Waals surface area contributed by atoms with E-state index in [0.717, 1.165) is 12.0 Å². The second-order valence-electron chi connectivity index (χ2n) is 7.27. The van der Waals surface area contributed by atoms with Gasteiger partial charge in [0.2, 0.25) is 0 Å². The minimum absolute atomic E-state index is 0.0151. The number of aromatic hydroxyl groups is 2. The largest absolute Gasteiger partial charge is 0.508 e. The van der Waals surface area contributed by atoms with Gasteiger partial charge in [0.15, 0.2) is 0 Å². The molecule has 0 amide bonds. The first kappa shape index (κ1) is 15.8. The Morgan fingerprint density at radius 2 is 1.47 bits per heavy atom. The fourth-order valence-corrected chi connectivity index (χ4v) is 2.91. The number of phenols is 2. The van der Waals surface area contributed by atoms with Gasteiger partial charge in [0.25, 0.3) is 0 Å². The molecule has 3 nitrogen and oxygen atoms in total. The Hall–Kier alpha value is -1.22. The predicted molar refractivity (Wildman–Crippen MR) is 79.5 cm³/mol. The maximum atomic E-state index is 9.54. The normalized spacial score (nSPS) is 14.4. The summed E-state index contributed by atoms with van der Waals surface area (Å²) in [5, 5.41) is 22.6. The minimum Gasteiger partial charge on any atom is -0.508 e. The molecular weight excluding hydrogens is 238 g/mol. The van der Waals surface area contributed by atoms with Crippen LogP contribution in [0, 0.1) is 5.41 Å². The van der Waals surface area contributed by atoms with E-state index >= 15 is 0 Å². The van der Waals surface area contributed by atoms with Crippen molar-refractivity contribution in [2.75, 3.05) is 0 Å². The Morgan fingerprint density at radius 3 is 1.89 bits per heavy atom. The molecule has 0 aliphatic rings. The molecule has 0 spiro atoms. The van der Waals surface area contributed by atoms with Crippen molar-refractivity contribution in [2.24, 2.45) is 5.41 Å². The molecule has 3 N–H and O–H groups in total. The van der Waals surface area contributed by atoms with E-state index in [2.05, 4.69) is 39.9 Å². The van der Waals surface area contributed by atoms with Gasteiger partial charge in [-0.2, -0.15) is 0 Å². The summed E-state index contributed by atoms with van der Waals surface area (Å²) in [7, 11) is 0. The van der Waals surface area contributed by atoms with Gasteiger partial charge in [0.1, 0.15) is 11.5 Å². The molecule has 1 rings (SSSR count). The Morgan fingerprint density at radius 1 is 1.00 bits per heavy atom. The zero-order valence-corrected chi connectivity index (χ0v) is 12.9. The van der Waals surface area contributed by atoms with E-state index in [9.17, 15) is 10.2 Å². The van der Waals surface area contributed by atoms with E-state index < -0.39 is 0 Å². The van der Waals surface area contributed by atoms with Crippen LogP contribution in [0.2, 0.25) is 0 Å². The summed E-state index contributed by atoms with van der Waals surface area (Å²) in [6.45, 7) is 13.1. The van der Waals surface area contributed by atoms with Gasteiger partial charge in [-0.25, -0.2) is 0 Å². The molecule has 108 valence electrons. The molecular formula is C16H27NO2. The van der Waals surface area contributed by atoms with Crippen LogP contribution in [0.5, 0.6) is 11.5 Å². The number of phenolic OH excluding ortho intramolecular Hbond substituents is 2. The van der Waals surface area contributed by atoms with Gasteiger partial charge in [-0.15, -0.1) is 0 Å². The minimum atomic E-state index is -0.0151. The Bertz CT molecular complexity index is 413. The molecule has 0 radical (unpaired) electrons. The number of hydrogen-bond donors (Lipinski definition) is 3. The van der Waals surface area contributed by atoms with Crippen LogP contribution in [0.4, 0.5) is 0 Å². The summed E-state index contributed by atoms with van der Waals surface area (Å²) in [6, 6.07) is 4.78. The molecule has 0 bridgehead atoms. The smallest absolute Gasteiger partial charge is 0.119 e. The highest BCUT2D eigenvalue weighted by atomic mass is 16.3. The zero-order chi connectivity index (χ0) is 14.8. The molecule has 0 aromatic heterocycles. The van der Waals surface area contributed by atoms with Crippen LogP contribution in [-0.2, 0) is 0 Å². The lowest BCUT2D eigenvalue weighted by Crippen LogP contribution is -2.43. The predicted octanol–water partition coefficient (Wildman–Crippen LogP) is 3.96. The quantitative estimate of drug-likeness (QED) is 0.772. The topological polar surface area (TPSA) is 52.5 Å². The summed E-state index contributed by atoms with van der Waals surface area (Å²) in [4.78, 5) is 0. The summed E-state index contributed by atoms with van der Waals surface area (Å²) >= 11 is 0. The highest BCUT2D eigenvalue weighted by Gasteiger charge is 2.27. The van der Waals surface area contributed by atoms with Gasteiger partial charge in [0.05, 0.1) is 0 Å². The van der Waals surface area contributed by atoms with Crippen molar-refractivity contribution in [3.8, 4) is 11.5 Å². The first-order chi connectivity index (χ1) is 8.48. The monoisotopic (exact) mass is 265 g/mol. The van der Waals surface area contributed by atoms with Gasteiger partial charge in [-0.1, -0.05) is 20.8 Å². The molecule has 1 unspecified atom stereocenters. The molecule has 0 saturated carbocycles. The lowest BCUT2D eigenvalue weighted by atomic mass is 9.81. The van der Waals surface area contributed by atoms with Gasteiger partial charge < -0.3 is 15.5 Å². The number of nitrogens with one attached hydrogen (secondary N) is 1. The van der Waals surface area contributed by atoms with E-state index in [4.69, 9.17) is 0 Å². The maximum absolute atomic E-state index is 9.54. The lowest BCUT2D eigenvalue weighted by molar-refractivity contribution is 0.226. The highest BCUT2D eigenvalue weighted by molar-refractivity contribution is 5.38. The van der Waals surface area contributed by atoms with Crippen LogP contribution in [0.15, 0.2) is 18.2 Å². The molecule has 0 heterocycles. The molecule has 0 fully saturated rings. The molecule has 1 atom stereocenters. The number of rotatable bonds is 4. The van der Waals surface area contributed by atoms with Crippen molar-refractivity contribution in [3.05, 3.63) is 23.8 Å². The van der Waals surface area contributed by atoms with Gasteiger partial charge in [0, 0.05) is 17.6 Å². The van der Waals surface area contributed by atoms with Gasteiger partial charge in [-0.3, -0.25) is 0 Å². The third-order valence-electron chi connectivity index (χ3n) is 3.00. The second kappa shape index (κ2) is 5.41. The molecule has 3 heteroatoms. The van der Waals surface area contributed by atoms with E-state index in [1.807, 2.05) is 6.92 Å². The van der Waals surface area contributed by atoms with Crippen LogP contribution < -0.4 is 5.32 Å². The van der Waals surface area contributed by atoms with E-state index in [-0.39, 0.29) is 28.5 Å². The molecule has 1 aromatic carbocycles. The average molecular weight is 265 g/mol. The van der Waals surface area contributed by atoms with E-state index in [1.165, 1.54) is 6.07 Å². The standard InChI is InChI=1S/C16H27NO2/c1-11(12-7-13(18)9-14(19)8-12)17-16(5,6)10-15(2,3)4/h7-9,11,17-19H,10H2,1-6H3. The van der Waals surface area contributed by atoms with Crippen LogP contribution in [0.3, 0.4) is 0 Å². The van der Waals surface area contributed by atoms with Gasteiger partial charge >= 0.3 is 0 Å². The van der Waals surface area contributed by atoms with Crippen molar-refractivity contribution in [1.29, 1.82) is 0 Å². The Kier molecular flexibility index (Phi) is 4.51. The van der Waals surface area contributed by atoms with E-state index in [0.29, 0.717) is 0 Å². The highest BCUT2D eigenvalue weighted by Crippen LogP contribution is 2.30. The zero-order valence-electron chi connectivity index (χ0n) is 12.9. The second-order valence-corrected chi connectivity index (χ2v) is 7.27. The lowest BCUT2D eigenvalue weighted by Gasteiger charge is -2.36. The van der Waals surface area contributed by atoms with E-state index in [1.54, 1.807) is 12.1 Å². The van der Waals surface area contributed by atoms with Crippen molar-refractivity contribution < 1.29 is 10.2 Å². The first-order valence-electron chi connectivity index (χ1n) is 6.79. The summed E-state index contributed by atoms with van der Waals surface area (Å²) in [5.41, 5.74) is 1.12. The maximum Gasteiger partial charge on any atom is 0.119 e. The van der Waals surface area contributed by atoms with Crippen molar-refractivity contribution >= 4 is 0 Å². The van der Waals surface area contributed by atoms with Crippen LogP contribution in [0.25, 0.3) is 0 Å². The fraction of sp³-hybridized carbons (Fsp3) is 0.625. The molecule has 0 aliphatic carbocycles. The van der Waals surface area contributed by atoms with Crippen molar-refractivity contribution in [1.82, 2.24) is 5.32 Å². The Labute approximate surface area is 116 Å². The van der Waals surface area contributed by atoms with Crippen LogP contribution >= 0.6 is 0 Å². The van der Waals surface area contributed by atoms with Crippen molar-refractivity contribution in [3.63, 3.8) is 0 Å². The summed E-state index contributed by atoms with van der Waals surface area (Å²) < 4.78 is 0. The molecule has 1 aromatic rings. The summed E-state index contributed by atoms with van der Waals surface area (Å²) in [5.74, 6) is 0.189. The SMILES string of the molecule is CC(NC(C)(C)CC(C)(C)C)c1cc(O)cc(O)c1. The van der Waals surface area contributed by atoms with Crippen LogP contribution in [-0.4, -0.2) is 15.8 Å². The summed E-state index contributed by atoms with van der Waals surface area (Å²) in [6.07, 6.45) is 1.04. The number of benzene rings is 1. The Balaban J connectivity index is 2.81. The van der Waals surface area contributed by atoms with Gasteiger partial charge in [-0.05, 0) is 50.3 Å². The third-order valence-corrected chi connectivity index (χ3v) is 3.00. The first-order valence-corrected chi connectivity index (χ1v) is 6.79. The fourth-order valence-electron chi connectivity index (χ4n) is 2.91. The molecule has 0 aliphatic heterocycles. The molecule has 0 saturated heterocycles.